The van der Waals surface area contributed by atoms with Crippen LogP contribution in [-0.2, 0) is 0 Å². The van der Waals surface area contributed by atoms with Gasteiger partial charge in [-0.3, -0.25) is 4.40 Å². The van der Waals surface area contributed by atoms with Gasteiger partial charge in [-0.25, -0.2) is 0 Å². The molecule has 0 aromatic carbocycles. The molecule has 0 aliphatic rings. The highest BCUT2D eigenvalue weighted by molar-refractivity contribution is 7.99. The van der Waals surface area contributed by atoms with Gasteiger partial charge in [-0.15, -0.1) is 10.2 Å². The molecule has 0 radical (unpaired) electrons. The number of aromatic nitrogens is 3. The van der Waals surface area contributed by atoms with Crippen molar-refractivity contribution in [2.75, 3.05) is 5.75 Å². The maximum Gasteiger partial charge on any atom is 0.195 e. The van der Waals surface area contributed by atoms with Gasteiger partial charge in [0.1, 0.15) is 0 Å². The third kappa shape index (κ3) is 2.36. The molecule has 1 N–H and O–H groups in total. The molecule has 2 rings (SSSR count). The average Bonchev–Trinajstić information content (AvgIpc) is 2.70. The molecule has 1 unspecified atom stereocenters. The van der Waals surface area contributed by atoms with Crippen molar-refractivity contribution in [3.8, 4) is 0 Å². The van der Waals surface area contributed by atoms with Crippen LogP contribution in [0.25, 0.3) is 5.65 Å². The molecule has 0 amide bonds. The molecule has 16 heavy (non-hydrogen) atoms. The Morgan fingerprint density at radius 2 is 2.25 bits per heavy atom. The van der Waals surface area contributed by atoms with Crippen molar-refractivity contribution in [2.45, 2.75) is 31.0 Å². The van der Waals surface area contributed by atoms with Crippen molar-refractivity contribution in [1.29, 1.82) is 0 Å². The first kappa shape index (κ1) is 11.4. The lowest BCUT2D eigenvalue weighted by Gasteiger charge is -2.19. The third-order valence-corrected chi connectivity index (χ3v) is 3.86. The van der Waals surface area contributed by atoms with Crippen molar-refractivity contribution in [1.82, 2.24) is 14.6 Å². The van der Waals surface area contributed by atoms with Gasteiger partial charge in [-0.2, -0.15) is 0 Å². The van der Waals surface area contributed by atoms with Crippen LogP contribution >= 0.6 is 11.8 Å². The number of thioether (sulfide) groups is 1. The molecule has 1 atom stereocenters. The van der Waals surface area contributed by atoms with Crippen LogP contribution in [0.1, 0.15) is 20.3 Å². The van der Waals surface area contributed by atoms with Crippen LogP contribution in [0, 0.1) is 0 Å². The summed E-state index contributed by atoms with van der Waals surface area (Å²) in [5.74, 6) is 0.624. The van der Waals surface area contributed by atoms with E-state index in [0.717, 1.165) is 17.2 Å². The van der Waals surface area contributed by atoms with Crippen molar-refractivity contribution in [2.24, 2.45) is 0 Å². The van der Waals surface area contributed by atoms with E-state index in [1.54, 1.807) is 0 Å². The minimum Gasteiger partial charge on any atom is -0.389 e. The number of nitrogens with zero attached hydrogens (tertiary/aromatic N) is 3. The SMILES string of the molecule is CCC(C)(O)CSc1nnc2ccccn12. The predicted octanol–water partition coefficient (Wildman–Crippen LogP) is 1.98. The molecule has 2 aromatic rings. The van der Waals surface area contributed by atoms with Crippen LogP contribution in [0.4, 0.5) is 0 Å². The van der Waals surface area contributed by atoms with Crippen LogP contribution in [0.15, 0.2) is 29.6 Å². The molecule has 2 aromatic heterocycles. The number of rotatable bonds is 4. The molecular weight excluding hydrogens is 222 g/mol. The Hall–Kier alpha value is -1.07. The summed E-state index contributed by atoms with van der Waals surface area (Å²) >= 11 is 1.53. The van der Waals surface area contributed by atoms with E-state index in [1.807, 2.05) is 42.6 Å². The lowest BCUT2D eigenvalue weighted by atomic mass is 10.1. The second kappa shape index (κ2) is 4.43. The average molecular weight is 237 g/mol. The molecule has 5 heteroatoms. The summed E-state index contributed by atoms with van der Waals surface area (Å²) in [6, 6.07) is 5.79. The Morgan fingerprint density at radius 3 is 3.00 bits per heavy atom. The van der Waals surface area contributed by atoms with Gasteiger partial charge in [0, 0.05) is 11.9 Å². The Morgan fingerprint density at radius 1 is 1.44 bits per heavy atom. The Balaban J connectivity index is 2.16. The van der Waals surface area contributed by atoms with E-state index < -0.39 is 5.60 Å². The highest BCUT2D eigenvalue weighted by atomic mass is 32.2. The van der Waals surface area contributed by atoms with E-state index in [4.69, 9.17) is 0 Å². The summed E-state index contributed by atoms with van der Waals surface area (Å²) in [6.07, 6.45) is 2.66. The summed E-state index contributed by atoms with van der Waals surface area (Å²) in [4.78, 5) is 0. The van der Waals surface area contributed by atoms with Gasteiger partial charge in [0.25, 0.3) is 0 Å². The normalized spacial score (nSPS) is 15.2. The zero-order valence-corrected chi connectivity index (χ0v) is 10.2. The Labute approximate surface area is 98.7 Å². The smallest absolute Gasteiger partial charge is 0.195 e. The van der Waals surface area contributed by atoms with Gasteiger partial charge in [0.15, 0.2) is 10.8 Å². The molecule has 0 fully saturated rings. The maximum absolute atomic E-state index is 9.92. The number of pyridine rings is 1. The van der Waals surface area contributed by atoms with Crippen molar-refractivity contribution in [3.05, 3.63) is 24.4 Å². The standard InChI is InChI=1S/C11H15N3OS/c1-3-11(2,15)8-16-10-13-12-9-6-4-5-7-14(9)10/h4-7,15H,3,8H2,1-2H3. The molecule has 86 valence electrons. The third-order valence-electron chi connectivity index (χ3n) is 2.56. The van der Waals surface area contributed by atoms with Crippen LogP contribution in [0.5, 0.6) is 0 Å². The molecule has 0 spiro atoms. The van der Waals surface area contributed by atoms with Gasteiger partial charge in [-0.1, -0.05) is 24.8 Å². The zero-order chi connectivity index (χ0) is 11.6. The summed E-state index contributed by atoms with van der Waals surface area (Å²) in [7, 11) is 0. The van der Waals surface area contributed by atoms with Gasteiger partial charge < -0.3 is 5.11 Å². The predicted molar refractivity (Wildman–Crippen MR) is 64.6 cm³/mol. The van der Waals surface area contributed by atoms with Gasteiger partial charge in [0.2, 0.25) is 0 Å². The summed E-state index contributed by atoms with van der Waals surface area (Å²) in [5, 5.41) is 18.9. The molecule has 0 saturated heterocycles. The second-order valence-corrected chi connectivity index (χ2v) is 4.99. The number of aliphatic hydroxyl groups is 1. The van der Waals surface area contributed by atoms with Crippen LogP contribution in [0.2, 0.25) is 0 Å². The minimum absolute atomic E-state index is 0.624. The first-order valence-electron chi connectivity index (χ1n) is 5.27. The Kier molecular flexibility index (Phi) is 3.16. The number of hydrogen-bond donors (Lipinski definition) is 1. The van der Waals surface area contributed by atoms with Crippen molar-refractivity contribution >= 4 is 17.4 Å². The van der Waals surface area contributed by atoms with E-state index in [0.29, 0.717) is 5.75 Å². The van der Waals surface area contributed by atoms with E-state index in [1.165, 1.54) is 11.8 Å². The largest absolute Gasteiger partial charge is 0.389 e. The van der Waals surface area contributed by atoms with Crippen molar-refractivity contribution < 1.29 is 5.11 Å². The maximum atomic E-state index is 9.92. The van der Waals surface area contributed by atoms with E-state index >= 15 is 0 Å². The number of hydrogen-bond acceptors (Lipinski definition) is 4. The van der Waals surface area contributed by atoms with Gasteiger partial charge in [0.05, 0.1) is 5.60 Å². The highest BCUT2D eigenvalue weighted by Gasteiger charge is 2.19. The summed E-state index contributed by atoms with van der Waals surface area (Å²) < 4.78 is 1.93. The highest BCUT2D eigenvalue weighted by Crippen LogP contribution is 2.23. The first-order chi connectivity index (χ1) is 7.62. The molecule has 0 bridgehead atoms. The molecule has 0 saturated carbocycles. The fourth-order valence-electron chi connectivity index (χ4n) is 1.24. The van der Waals surface area contributed by atoms with Crippen LogP contribution in [-0.4, -0.2) is 31.1 Å². The van der Waals surface area contributed by atoms with Gasteiger partial charge in [-0.05, 0) is 25.5 Å². The lowest BCUT2D eigenvalue weighted by molar-refractivity contribution is 0.0815. The summed E-state index contributed by atoms with van der Waals surface area (Å²) in [6.45, 7) is 3.81. The molecule has 0 aliphatic carbocycles. The van der Waals surface area contributed by atoms with E-state index in [9.17, 15) is 5.11 Å². The fourth-order valence-corrected chi connectivity index (χ4v) is 2.28. The topological polar surface area (TPSA) is 50.4 Å². The van der Waals surface area contributed by atoms with Crippen molar-refractivity contribution in [3.63, 3.8) is 0 Å². The quantitative estimate of drug-likeness (QED) is 0.826. The zero-order valence-electron chi connectivity index (χ0n) is 9.42. The monoisotopic (exact) mass is 237 g/mol. The van der Waals surface area contributed by atoms with E-state index in [2.05, 4.69) is 10.2 Å². The molecule has 2 heterocycles. The minimum atomic E-state index is -0.648. The Bertz CT molecular complexity index is 481. The molecule has 0 aliphatic heterocycles. The van der Waals surface area contributed by atoms with Gasteiger partial charge >= 0.3 is 0 Å². The second-order valence-electron chi connectivity index (χ2n) is 4.05. The number of fused-ring (bicyclic) bond motifs is 1. The first-order valence-corrected chi connectivity index (χ1v) is 6.26. The van der Waals surface area contributed by atoms with Crippen LogP contribution < -0.4 is 0 Å². The molecule has 4 nitrogen and oxygen atoms in total. The fraction of sp³-hybridized carbons (Fsp3) is 0.455. The van der Waals surface area contributed by atoms with Crippen LogP contribution in [0.3, 0.4) is 0 Å². The van der Waals surface area contributed by atoms with E-state index in [-0.39, 0.29) is 0 Å². The molecular formula is C11H15N3OS. The summed E-state index contributed by atoms with van der Waals surface area (Å²) in [5.41, 5.74) is 0.187. The lowest BCUT2D eigenvalue weighted by Crippen LogP contribution is -2.25.